The summed E-state index contributed by atoms with van der Waals surface area (Å²) in [6, 6.07) is 13.2. The minimum atomic E-state index is -4.51. The number of halogens is 3. The van der Waals surface area contributed by atoms with E-state index in [-0.39, 0.29) is 11.1 Å². The van der Waals surface area contributed by atoms with Crippen molar-refractivity contribution in [2.45, 2.75) is 32.4 Å². The van der Waals surface area contributed by atoms with E-state index < -0.39 is 11.7 Å². The highest BCUT2D eigenvalue weighted by Gasteiger charge is 2.34. The molecule has 0 aliphatic rings. The highest BCUT2D eigenvalue weighted by Crippen LogP contribution is 2.38. The summed E-state index contributed by atoms with van der Waals surface area (Å²) in [5.41, 5.74) is 1.67. The summed E-state index contributed by atoms with van der Waals surface area (Å²) in [6.07, 6.45) is -1.78. The van der Waals surface area contributed by atoms with Gasteiger partial charge < -0.3 is 15.0 Å². The summed E-state index contributed by atoms with van der Waals surface area (Å²) in [7, 11) is 3.99. The largest absolute Gasteiger partial charge is 0.492 e. The Morgan fingerprint density at radius 2 is 1.70 bits per heavy atom. The number of aromatic nitrogens is 3. The van der Waals surface area contributed by atoms with Crippen LogP contribution >= 0.6 is 0 Å². The summed E-state index contributed by atoms with van der Waals surface area (Å²) in [4.78, 5) is 14.7. The van der Waals surface area contributed by atoms with Gasteiger partial charge in [-0.15, -0.1) is 0 Å². The lowest BCUT2D eigenvalue weighted by Gasteiger charge is -2.24. The van der Waals surface area contributed by atoms with Crippen molar-refractivity contribution in [1.29, 1.82) is 0 Å². The van der Waals surface area contributed by atoms with Crippen molar-refractivity contribution in [2.24, 2.45) is 0 Å². The van der Waals surface area contributed by atoms with Gasteiger partial charge in [-0.2, -0.15) is 13.2 Å². The van der Waals surface area contributed by atoms with Crippen molar-refractivity contribution in [3.05, 3.63) is 72.2 Å². The van der Waals surface area contributed by atoms with Crippen LogP contribution in [0.5, 0.6) is 5.75 Å². The van der Waals surface area contributed by atoms with Gasteiger partial charge in [0.25, 0.3) is 0 Å². The van der Waals surface area contributed by atoms with Gasteiger partial charge >= 0.3 is 6.18 Å². The summed E-state index contributed by atoms with van der Waals surface area (Å²) in [5, 5.41) is 3.99. The quantitative estimate of drug-likeness (QED) is 0.299. The fraction of sp³-hybridized carbons (Fsp3) is 0.321. The van der Waals surface area contributed by atoms with E-state index in [1.165, 1.54) is 18.6 Å². The monoisotopic (exact) mass is 509 g/mol. The van der Waals surface area contributed by atoms with Crippen molar-refractivity contribution < 1.29 is 17.9 Å². The lowest BCUT2D eigenvalue weighted by molar-refractivity contribution is -0.137. The lowest BCUT2D eigenvalue weighted by atomic mass is 9.86. The van der Waals surface area contributed by atoms with E-state index in [1.54, 1.807) is 18.2 Å². The van der Waals surface area contributed by atoms with Crippen LogP contribution < -0.4 is 10.1 Å². The molecule has 0 atom stereocenters. The third-order valence-electron chi connectivity index (χ3n) is 5.87. The van der Waals surface area contributed by atoms with E-state index in [9.17, 15) is 13.2 Å². The fourth-order valence-electron chi connectivity index (χ4n) is 3.98. The second-order valence-corrected chi connectivity index (χ2v) is 10.1. The van der Waals surface area contributed by atoms with Crippen LogP contribution in [0.2, 0.25) is 0 Å². The van der Waals surface area contributed by atoms with Gasteiger partial charge in [0.05, 0.1) is 16.8 Å². The van der Waals surface area contributed by atoms with E-state index in [2.05, 4.69) is 45.9 Å². The number of hydrogen-bond donors (Lipinski definition) is 1. The van der Waals surface area contributed by atoms with E-state index in [1.807, 2.05) is 32.3 Å². The van der Waals surface area contributed by atoms with Gasteiger partial charge in [-0.3, -0.25) is 4.98 Å². The number of anilines is 2. The number of alkyl halides is 3. The molecule has 0 radical (unpaired) electrons. The molecule has 0 spiro atoms. The van der Waals surface area contributed by atoms with Crippen LogP contribution in [0.3, 0.4) is 0 Å². The maximum atomic E-state index is 13.5. The molecule has 2 aromatic carbocycles. The first kappa shape index (κ1) is 26.3. The molecule has 0 aliphatic carbocycles. The number of pyridine rings is 1. The van der Waals surface area contributed by atoms with Crippen molar-refractivity contribution >= 4 is 22.4 Å². The summed E-state index contributed by atoms with van der Waals surface area (Å²) < 4.78 is 46.7. The first-order chi connectivity index (χ1) is 17.4. The van der Waals surface area contributed by atoms with E-state index in [0.29, 0.717) is 28.9 Å². The third-order valence-corrected chi connectivity index (χ3v) is 5.87. The number of likely N-dealkylation sites (N-methyl/N-ethyl adjacent to an activating group) is 1. The second kappa shape index (κ2) is 10.3. The Hall–Kier alpha value is -3.72. The molecule has 0 amide bonds. The van der Waals surface area contributed by atoms with Crippen molar-refractivity contribution in [3.8, 4) is 17.0 Å². The molecule has 4 rings (SSSR count). The summed E-state index contributed by atoms with van der Waals surface area (Å²) in [5.74, 6) is 1.33. The summed E-state index contributed by atoms with van der Waals surface area (Å²) in [6.45, 7) is 7.74. The van der Waals surface area contributed by atoms with Crippen LogP contribution in [-0.2, 0) is 11.6 Å². The number of benzene rings is 2. The Balaban J connectivity index is 1.68. The van der Waals surface area contributed by atoms with E-state index in [4.69, 9.17) is 4.74 Å². The van der Waals surface area contributed by atoms with Gasteiger partial charge in [0.1, 0.15) is 24.5 Å². The molecule has 4 aromatic rings. The average Bonchev–Trinajstić information content (AvgIpc) is 2.82. The number of rotatable bonds is 7. The smallest absolute Gasteiger partial charge is 0.418 e. The topological polar surface area (TPSA) is 63.2 Å². The zero-order valence-corrected chi connectivity index (χ0v) is 21.5. The van der Waals surface area contributed by atoms with E-state index in [0.717, 1.165) is 29.6 Å². The molecule has 0 saturated heterocycles. The highest BCUT2D eigenvalue weighted by molar-refractivity contribution is 5.93. The molecule has 1 N–H and O–H groups in total. The molecule has 194 valence electrons. The summed E-state index contributed by atoms with van der Waals surface area (Å²) >= 11 is 0. The SMILES string of the molecule is CN(C)CCOc1cc(Nc2ncnc3cc(-c4ncccc4C(F)(F)F)ccc23)ccc1C(C)(C)C. The maximum absolute atomic E-state index is 13.5. The molecule has 6 nitrogen and oxygen atoms in total. The number of fused-ring (bicyclic) bond motifs is 1. The van der Waals surface area contributed by atoms with Crippen molar-refractivity contribution in [2.75, 3.05) is 32.6 Å². The second-order valence-electron chi connectivity index (χ2n) is 10.1. The molecular formula is C28H30F3N5O. The number of nitrogens with zero attached hydrogens (tertiary/aromatic N) is 4. The molecule has 0 bridgehead atoms. The normalized spacial score (nSPS) is 12.2. The van der Waals surface area contributed by atoms with Gasteiger partial charge in [0.2, 0.25) is 0 Å². The minimum absolute atomic E-state index is 0.106. The zero-order valence-electron chi connectivity index (χ0n) is 21.5. The molecule has 2 aromatic heterocycles. The molecule has 9 heteroatoms. The molecule has 2 heterocycles. The van der Waals surface area contributed by atoms with Crippen LogP contribution in [0.4, 0.5) is 24.7 Å². The van der Waals surface area contributed by atoms with Gasteiger partial charge in [-0.1, -0.05) is 32.9 Å². The molecule has 0 saturated carbocycles. The Morgan fingerprint density at radius 3 is 2.41 bits per heavy atom. The fourth-order valence-corrected chi connectivity index (χ4v) is 3.98. The highest BCUT2D eigenvalue weighted by atomic mass is 19.4. The van der Waals surface area contributed by atoms with Crippen molar-refractivity contribution in [3.63, 3.8) is 0 Å². The van der Waals surface area contributed by atoms with Crippen LogP contribution in [-0.4, -0.2) is 47.1 Å². The van der Waals surface area contributed by atoms with E-state index >= 15 is 0 Å². The zero-order chi connectivity index (χ0) is 26.8. The van der Waals surface area contributed by atoms with Crippen molar-refractivity contribution in [1.82, 2.24) is 19.9 Å². The molecule has 0 unspecified atom stereocenters. The minimum Gasteiger partial charge on any atom is -0.492 e. The maximum Gasteiger partial charge on any atom is 0.418 e. The van der Waals surface area contributed by atoms with Crippen LogP contribution in [0.15, 0.2) is 61.1 Å². The molecule has 0 fully saturated rings. The Labute approximate surface area is 214 Å². The number of hydrogen-bond acceptors (Lipinski definition) is 6. The number of ether oxygens (including phenoxy) is 1. The predicted molar refractivity (Wildman–Crippen MR) is 140 cm³/mol. The average molecular weight is 510 g/mol. The molecule has 37 heavy (non-hydrogen) atoms. The third kappa shape index (κ3) is 6.17. The lowest BCUT2D eigenvalue weighted by Crippen LogP contribution is -2.21. The Morgan fingerprint density at radius 1 is 0.919 bits per heavy atom. The molecule has 0 aliphatic heterocycles. The Bertz CT molecular complexity index is 1400. The van der Waals surface area contributed by atoms with Gasteiger partial charge in [-0.25, -0.2) is 9.97 Å². The molecular weight excluding hydrogens is 479 g/mol. The number of nitrogens with one attached hydrogen (secondary N) is 1. The van der Waals surface area contributed by atoms with Gasteiger partial charge in [0, 0.05) is 35.4 Å². The first-order valence-corrected chi connectivity index (χ1v) is 11.9. The van der Waals surface area contributed by atoms with Gasteiger partial charge in [-0.05, 0) is 55.4 Å². The van der Waals surface area contributed by atoms with Crippen LogP contribution in [0.25, 0.3) is 22.2 Å². The van der Waals surface area contributed by atoms with Crippen LogP contribution in [0.1, 0.15) is 31.9 Å². The van der Waals surface area contributed by atoms with Gasteiger partial charge in [0.15, 0.2) is 0 Å². The van der Waals surface area contributed by atoms with Crippen LogP contribution in [0, 0.1) is 0 Å². The predicted octanol–water partition coefficient (Wildman–Crippen LogP) is 6.69. The Kier molecular flexibility index (Phi) is 7.36. The standard InChI is InChI=1S/C28H30F3N5O/c1-27(2,3)21-11-9-19(16-24(21)37-14-13-36(4)5)35-26-20-10-8-18(15-23(20)33-17-34-26)25-22(28(29,30)31)7-6-12-32-25/h6-12,15-17H,13-14H2,1-5H3,(H,33,34,35). The first-order valence-electron chi connectivity index (χ1n) is 11.9.